The van der Waals surface area contributed by atoms with Crippen LogP contribution in [0.1, 0.15) is 5.56 Å². The van der Waals surface area contributed by atoms with Crippen molar-refractivity contribution in [3.05, 3.63) is 54.5 Å². The Kier molecular flexibility index (Phi) is 3.48. The standard InChI is InChI=1S/C15H12N6/c1-2-11-4-3-5-12(8-11)19-14-6-7-16-15(21-14)20-13-9-17-18-10-13/h1,3-10H,(H,17,18)(H2,16,19,20,21). The second-order valence-electron chi connectivity index (χ2n) is 4.23. The molecule has 3 rings (SSSR count). The molecule has 21 heavy (non-hydrogen) atoms. The minimum atomic E-state index is 0.481. The second-order valence-corrected chi connectivity index (χ2v) is 4.23. The van der Waals surface area contributed by atoms with Crippen molar-refractivity contribution >= 4 is 23.1 Å². The lowest BCUT2D eigenvalue weighted by Crippen LogP contribution is -1.99. The molecular weight excluding hydrogens is 264 g/mol. The van der Waals surface area contributed by atoms with Crippen LogP contribution in [0.3, 0.4) is 0 Å². The van der Waals surface area contributed by atoms with Crippen molar-refractivity contribution in [1.82, 2.24) is 20.2 Å². The monoisotopic (exact) mass is 276 g/mol. The molecule has 6 nitrogen and oxygen atoms in total. The van der Waals surface area contributed by atoms with Crippen molar-refractivity contribution < 1.29 is 0 Å². The van der Waals surface area contributed by atoms with Gasteiger partial charge in [-0.25, -0.2) is 4.98 Å². The molecule has 0 aliphatic rings. The summed E-state index contributed by atoms with van der Waals surface area (Å²) in [7, 11) is 0. The van der Waals surface area contributed by atoms with Crippen LogP contribution in [0, 0.1) is 12.3 Å². The van der Waals surface area contributed by atoms with E-state index in [9.17, 15) is 0 Å². The Labute approximate surface area is 121 Å². The van der Waals surface area contributed by atoms with Gasteiger partial charge in [-0.05, 0) is 24.3 Å². The van der Waals surface area contributed by atoms with Gasteiger partial charge in [0.25, 0.3) is 0 Å². The number of nitrogens with zero attached hydrogens (tertiary/aromatic N) is 3. The third-order valence-corrected chi connectivity index (χ3v) is 2.71. The summed E-state index contributed by atoms with van der Waals surface area (Å²) in [6.07, 6.45) is 10.4. The number of benzene rings is 1. The quantitative estimate of drug-likeness (QED) is 0.638. The maximum absolute atomic E-state index is 5.39. The summed E-state index contributed by atoms with van der Waals surface area (Å²) in [5.41, 5.74) is 2.48. The first-order valence-electron chi connectivity index (χ1n) is 6.26. The minimum absolute atomic E-state index is 0.481. The number of nitrogens with one attached hydrogen (secondary N) is 3. The molecule has 2 heterocycles. The van der Waals surface area contributed by atoms with Crippen molar-refractivity contribution in [2.45, 2.75) is 0 Å². The summed E-state index contributed by atoms with van der Waals surface area (Å²) >= 11 is 0. The number of hydrogen-bond acceptors (Lipinski definition) is 5. The fourth-order valence-corrected chi connectivity index (χ4v) is 1.77. The molecule has 3 N–H and O–H groups in total. The van der Waals surface area contributed by atoms with Gasteiger partial charge in [0.15, 0.2) is 0 Å². The number of terminal acetylenes is 1. The highest BCUT2D eigenvalue weighted by atomic mass is 15.2. The average molecular weight is 276 g/mol. The molecule has 0 unspecified atom stereocenters. The van der Waals surface area contributed by atoms with Gasteiger partial charge in [0.05, 0.1) is 11.9 Å². The molecule has 6 heteroatoms. The number of H-pyrrole nitrogens is 1. The first-order valence-corrected chi connectivity index (χ1v) is 6.26. The van der Waals surface area contributed by atoms with Crippen LogP contribution < -0.4 is 10.6 Å². The predicted molar refractivity (Wildman–Crippen MR) is 81.6 cm³/mol. The molecule has 0 aliphatic carbocycles. The van der Waals surface area contributed by atoms with Crippen LogP contribution >= 0.6 is 0 Å². The van der Waals surface area contributed by atoms with Crippen molar-refractivity contribution in [1.29, 1.82) is 0 Å². The Morgan fingerprint density at radius 3 is 2.90 bits per heavy atom. The summed E-state index contributed by atoms with van der Waals surface area (Å²) in [5, 5.41) is 12.8. The molecule has 0 saturated heterocycles. The lowest BCUT2D eigenvalue weighted by Gasteiger charge is -2.07. The van der Waals surface area contributed by atoms with Gasteiger partial charge in [-0.1, -0.05) is 12.0 Å². The van der Waals surface area contributed by atoms with Gasteiger partial charge in [0.2, 0.25) is 5.95 Å². The fraction of sp³-hybridized carbons (Fsp3) is 0. The average Bonchev–Trinajstić information content (AvgIpc) is 3.01. The number of anilines is 4. The summed E-state index contributed by atoms with van der Waals surface area (Å²) in [5.74, 6) is 3.75. The lowest BCUT2D eigenvalue weighted by molar-refractivity contribution is 1.09. The molecule has 1 aromatic carbocycles. The summed E-state index contributed by atoms with van der Waals surface area (Å²) in [6.45, 7) is 0. The Balaban J connectivity index is 1.78. The predicted octanol–water partition coefficient (Wildman–Crippen LogP) is 2.67. The van der Waals surface area contributed by atoms with Gasteiger partial charge in [0.1, 0.15) is 5.82 Å². The van der Waals surface area contributed by atoms with Crippen LogP contribution in [0.2, 0.25) is 0 Å². The van der Waals surface area contributed by atoms with E-state index in [0.717, 1.165) is 16.9 Å². The Bertz CT molecular complexity index is 773. The Hall–Kier alpha value is -3.33. The van der Waals surface area contributed by atoms with Gasteiger partial charge >= 0.3 is 0 Å². The fourth-order valence-electron chi connectivity index (χ4n) is 1.77. The van der Waals surface area contributed by atoms with Gasteiger partial charge in [-0.15, -0.1) is 6.42 Å². The highest BCUT2D eigenvalue weighted by molar-refractivity contribution is 5.60. The number of hydrogen-bond donors (Lipinski definition) is 3. The van der Waals surface area contributed by atoms with E-state index in [-0.39, 0.29) is 0 Å². The van der Waals surface area contributed by atoms with E-state index < -0.39 is 0 Å². The van der Waals surface area contributed by atoms with Crippen LogP contribution in [-0.4, -0.2) is 20.2 Å². The molecular formula is C15H12N6. The minimum Gasteiger partial charge on any atom is -0.340 e. The number of aromatic nitrogens is 4. The van der Waals surface area contributed by atoms with E-state index in [1.165, 1.54) is 0 Å². The number of aromatic amines is 1. The molecule has 2 aromatic heterocycles. The van der Waals surface area contributed by atoms with Gasteiger partial charge in [-0.3, -0.25) is 5.10 Å². The summed E-state index contributed by atoms with van der Waals surface area (Å²) in [6, 6.07) is 9.35. The van der Waals surface area contributed by atoms with E-state index >= 15 is 0 Å². The first-order chi connectivity index (χ1) is 10.3. The summed E-state index contributed by atoms with van der Waals surface area (Å²) in [4.78, 5) is 8.53. The molecule has 0 amide bonds. The highest BCUT2D eigenvalue weighted by Gasteiger charge is 2.02. The van der Waals surface area contributed by atoms with Gasteiger partial charge in [0, 0.05) is 23.6 Å². The first kappa shape index (κ1) is 12.7. The SMILES string of the molecule is C#Cc1cccc(Nc2ccnc(Nc3cn[nH]c3)n2)c1. The molecule has 0 saturated carbocycles. The van der Waals surface area contributed by atoms with Gasteiger partial charge < -0.3 is 10.6 Å². The molecule has 0 bridgehead atoms. The van der Waals surface area contributed by atoms with E-state index in [0.29, 0.717) is 11.8 Å². The molecule has 3 aromatic rings. The molecule has 0 spiro atoms. The maximum Gasteiger partial charge on any atom is 0.229 e. The number of rotatable bonds is 4. The molecule has 0 radical (unpaired) electrons. The van der Waals surface area contributed by atoms with Gasteiger partial charge in [-0.2, -0.15) is 10.1 Å². The van der Waals surface area contributed by atoms with Crippen LogP contribution in [0.25, 0.3) is 0 Å². The Morgan fingerprint density at radius 1 is 1.14 bits per heavy atom. The van der Waals surface area contributed by atoms with E-state index in [2.05, 4.69) is 36.7 Å². The molecule has 0 aliphatic heterocycles. The molecule has 0 fully saturated rings. The molecule has 0 atom stereocenters. The zero-order valence-corrected chi connectivity index (χ0v) is 11.0. The Morgan fingerprint density at radius 2 is 2.10 bits per heavy atom. The van der Waals surface area contributed by atoms with Crippen LogP contribution in [0.15, 0.2) is 48.9 Å². The smallest absolute Gasteiger partial charge is 0.229 e. The zero-order chi connectivity index (χ0) is 14.5. The topological polar surface area (TPSA) is 78.5 Å². The second kappa shape index (κ2) is 5.75. The van der Waals surface area contributed by atoms with Crippen LogP contribution in [-0.2, 0) is 0 Å². The van der Waals surface area contributed by atoms with Crippen LogP contribution in [0.4, 0.5) is 23.1 Å². The van der Waals surface area contributed by atoms with E-state index in [1.54, 1.807) is 24.7 Å². The third kappa shape index (κ3) is 3.16. The van der Waals surface area contributed by atoms with Crippen molar-refractivity contribution in [3.8, 4) is 12.3 Å². The van der Waals surface area contributed by atoms with Crippen molar-refractivity contribution in [2.75, 3.05) is 10.6 Å². The highest BCUT2D eigenvalue weighted by Crippen LogP contribution is 2.17. The van der Waals surface area contributed by atoms with Crippen molar-refractivity contribution in [3.63, 3.8) is 0 Å². The lowest BCUT2D eigenvalue weighted by atomic mass is 10.2. The maximum atomic E-state index is 5.39. The normalized spacial score (nSPS) is 9.86. The largest absolute Gasteiger partial charge is 0.340 e. The third-order valence-electron chi connectivity index (χ3n) is 2.71. The molecule has 102 valence electrons. The van der Waals surface area contributed by atoms with E-state index in [1.807, 2.05) is 24.3 Å². The summed E-state index contributed by atoms with van der Waals surface area (Å²) < 4.78 is 0. The zero-order valence-electron chi connectivity index (χ0n) is 11.0. The van der Waals surface area contributed by atoms with Crippen molar-refractivity contribution in [2.24, 2.45) is 0 Å². The van der Waals surface area contributed by atoms with Crippen LogP contribution in [0.5, 0.6) is 0 Å². The van der Waals surface area contributed by atoms with E-state index in [4.69, 9.17) is 6.42 Å².